The quantitative estimate of drug-likeness (QED) is 0.468. The first-order valence-corrected chi connectivity index (χ1v) is 13.9. The summed E-state index contributed by atoms with van der Waals surface area (Å²) in [5.74, 6) is 0.460. The van der Waals surface area contributed by atoms with Crippen molar-refractivity contribution in [2.75, 3.05) is 19.4 Å². The molecule has 1 aliphatic carbocycles. The van der Waals surface area contributed by atoms with Crippen molar-refractivity contribution in [2.45, 2.75) is 50.4 Å². The Labute approximate surface area is 206 Å². The second-order valence-corrected chi connectivity index (χ2v) is 12.3. The summed E-state index contributed by atoms with van der Waals surface area (Å²) in [4.78, 5) is 17.0. The number of likely N-dealkylation sites (tertiary alicyclic amines) is 1. The van der Waals surface area contributed by atoms with Gasteiger partial charge in [-0.25, -0.2) is 13.2 Å². The molecule has 186 valence electrons. The molecule has 2 N–H and O–H groups in total. The Morgan fingerprint density at radius 3 is 2.57 bits per heavy atom. The van der Waals surface area contributed by atoms with Crippen molar-refractivity contribution in [1.29, 1.82) is 0 Å². The molecule has 2 aromatic carbocycles. The van der Waals surface area contributed by atoms with Crippen LogP contribution in [0.1, 0.15) is 58.8 Å². The van der Waals surface area contributed by atoms with Gasteiger partial charge in [-0.3, -0.25) is 4.90 Å². The molecule has 2 heterocycles. The zero-order valence-electron chi connectivity index (χ0n) is 20.2. The molecule has 0 radical (unpaired) electrons. The summed E-state index contributed by atoms with van der Waals surface area (Å²) in [7, 11) is -1.50. The predicted octanol–water partition coefficient (Wildman–Crippen LogP) is 4.71. The van der Waals surface area contributed by atoms with Crippen LogP contribution >= 0.6 is 0 Å². The van der Waals surface area contributed by atoms with Crippen molar-refractivity contribution < 1.29 is 23.1 Å². The third-order valence-corrected chi connectivity index (χ3v) is 9.95. The van der Waals surface area contributed by atoms with Gasteiger partial charge in [-0.15, -0.1) is 0 Å². The topological polar surface area (TPSA) is 99.7 Å². The van der Waals surface area contributed by atoms with E-state index in [4.69, 9.17) is 4.74 Å². The molecular formula is C27H32N2O5S. The molecule has 5 rings (SSSR count). The zero-order valence-corrected chi connectivity index (χ0v) is 21.0. The molecule has 2 aliphatic rings. The van der Waals surface area contributed by atoms with Crippen LogP contribution in [0.4, 0.5) is 0 Å². The number of aromatic carboxylic acids is 1. The van der Waals surface area contributed by atoms with E-state index in [2.05, 4.69) is 16.0 Å². The maximum absolute atomic E-state index is 13.2. The summed E-state index contributed by atoms with van der Waals surface area (Å²) in [5.41, 5.74) is 4.42. The monoisotopic (exact) mass is 496 g/mol. The molecule has 3 aromatic rings. The van der Waals surface area contributed by atoms with E-state index in [1.165, 1.54) is 0 Å². The lowest BCUT2D eigenvalue weighted by molar-refractivity contribution is 0.0696. The van der Waals surface area contributed by atoms with Crippen LogP contribution in [0.2, 0.25) is 0 Å². The molecule has 0 spiro atoms. The van der Waals surface area contributed by atoms with Crippen LogP contribution in [0.15, 0.2) is 42.6 Å². The fourth-order valence-corrected chi connectivity index (χ4v) is 7.63. The number of methoxy groups -OCH3 is 1. The Balaban J connectivity index is 1.49. The number of H-pyrrole nitrogens is 1. The molecule has 0 amide bonds. The van der Waals surface area contributed by atoms with Crippen molar-refractivity contribution in [1.82, 2.24) is 9.88 Å². The number of sulfone groups is 1. The summed E-state index contributed by atoms with van der Waals surface area (Å²) in [6, 6.07) is 10.8. The van der Waals surface area contributed by atoms with Gasteiger partial charge in [-0.1, -0.05) is 12.1 Å². The zero-order chi connectivity index (χ0) is 24.7. The number of hydrogen-bond donors (Lipinski definition) is 2. The molecule has 8 heteroatoms. The average Bonchev–Trinajstić information content (AvgIpc) is 3.50. The Kier molecular flexibility index (Phi) is 6.36. The first-order valence-electron chi connectivity index (χ1n) is 12.2. The number of piperidine rings is 1. The van der Waals surface area contributed by atoms with E-state index in [1.807, 2.05) is 31.3 Å². The van der Waals surface area contributed by atoms with Crippen molar-refractivity contribution in [2.24, 2.45) is 5.92 Å². The highest BCUT2D eigenvalue weighted by Crippen LogP contribution is 2.40. The number of fused-ring (bicyclic) bond motifs is 1. The molecule has 2 fully saturated rings. The molecule has 0 unspecified atom stereocenters. The molecular weight excluding hydrogens is 464 g/mol. The highest BCUT2D eigenvalue weighted by Gasteiger charge is 2.39. The van der Waals surface area contributed by atoms with Gasteiger partial charge in [0.25, 0.3) is 0 Å². The second-order valence-electron chi connectivity index (χ2n) is 9.97. The number of carbonyl (C=O) groups is 1. The van der Waals surface area contributed by atoms with Gasteiger partial charge < -0.3 is 14.8 Å². The van der Waals surface area contributed by atoms with E-state index >= 15 is 0 Å². The van der Waals surface area contributed by atoms with Crippen molar-refractivity contribution in [3.63, 3.8) is 0 Å². The molecule has 0 bridgehead atoms. The maximum Gasteiger partial charge on any atom is 0.335 e. The number of nitrogens with one attached hydrogen (secondary N) is 1. The van der Waals surface area contributed by atoms with Crippen LogP contribution in [-0.4, -0.2) is 54.0 Å². The molecule has 1 aliphatic heterocycles. The smallest absolute Gasteiger partial charge is 0.335 e. The van der Waals surface area contributed by atoms with E-state index in [0.29, 0.717) is 31.8 Å². The number of carboxylic acid groups (broad SMARTS) is 1. The summed E-state index contributed by atoms with van der Waals surface area (Å²) < 4.78 is 32.1. The number of aromatic nitrogens is 1. The summed E-state index contributed by atoms with van der Waals surface area (Å²) >= 11 is 0. The fourth-order valence-electron chi connectivity index (χ4n) is 5.43. The minimum absolute atomic E-state index is 0.134. The lowest BCUT2D eigenvalue weighted by Gasteiger charge is -2.40. The van der Waals surface area contributed by atoms with Crippen LogP contribution in [0.25, 0.3) is 10.9 Å². The van der Waals surface area contributed by atoms with Gasteiger partial charge in [0.05, 0.1) is 23.7 Å². The van der Waals surface area contributed by atoms with Crippen LogP contribution < -0.4 is 4.74 Å². The van der Waals surface area contributed by atoms with Gasteiger partial charge in [0.15, 0.2) is 9.84 Å². The summed E-state index contributed by atoms with van der Waals surface area (Å²) in [6.07, 6.45) is 5.06. The van der Waals surface area contributed by atoms with E-state index < -0.39 is 15.8 Å². The van der Waals surface area contributed by atoms with E-state index in [9.17, 15) is 18.3 Å². The Morgan fingerprint density at radius 2 is 1.91 bits per heavy atom. The largest absolute Gasteiger partial charge is 0.496 e. The van der Waals surface area contributed by atoms with Gasteiger partial charge >= 0.3 is 5.97 Å². The van der Waals surface area contributed by atoms with Gasteiger partial charge in [0.2, 0.25) is 0 Å². The number of carboxylic acids is 1. The summed E-state index contributed by atoms with van der Waals surface area (Å²) in [5, 5.41) is 10.0. The van der Waals surface area contributed by atoms with Crippen LogP contribution in [0, 0.1) is 12.8 Å². The lowest BCUT2D eigenvalue weighted by Crippen LogP contribution is -2.42. The van der Waals surface area contributed by atoms with Crippen molar-refractivity contribution >= 4 is 26.7 Å². The Hall–Kier alpha value is -2.84. The third-order valence-electron chi connectivity index (χ3n) is 7.57. The number of benzene rings is 2. The van der Waals surface area contributed by atoms with Crippen LogP contribution in [-0.2, 0) is 16.4 Å². The number of hydrogen-bond acceptors (Lipinski definition) is 5. The third kappa shape index (κ3) is 4.82. The average molecular weight is 497 g/mol. The second kappa shape index (κ2) is 9.32. The molecule has 1 aromatic heterocycles. The highest BCUT2D eigenvalue weighted by molar-refractivity contribution is 7.92. The normalized spacial score (nSPS) is 21.3. The minimum Gasteiger partial charge on any atom is -0.496 e. The highest BCUT2D eigenvalue weighted by atomic mass is 32.2. The van der Waals surface area contributed by atoms with Crippen molar-refractivity contribution in [3.8, 4) is 5.75 Å². The minimum atomic E-state index is -3.17. The van der Waals surface area contributed by atoms with Gasteiger partial charge in [0, 0.05) is 41.8 Å². The summed E-state index contributed by atoms with van der Waals surface area (Å²) in [6.45, 7) is 3.30. The van der Waals surface area contributed by atoms with E-state index in [1.54, 1.807) is 19.2 Å². The van der Waals surface area contributed by atoms with Gasteiger partial charge in [0.1, 0.15) is 5.75 Å². The Bertz CT molecular complexity index is 1340. The SMILES string of the molecule is COc1cc(C)c2[nH]ccc2c1CN1CC[C@H](S(=O)(=O)CC2CC2)C[C@H]1c1ccc(C(=O)O)cc1. The molecule has 2 atom stereocenters. The number of aromatic amines is 1. The number of rotatable bonds is 8. The molecule has 1 saturated carbocycles. The number of ether oxygens (including phenoxy) is 1. The van der Waals surface area contributed by atoms with Crippen molar-refractivity contribution in [3.05, 3.63) is 64.8 Å². The van der Waals surface area contributed by atoms with Crippen LogP contribution in [0.5, 0.6) is 5.75 Å². The number of nitrogens with zero attached hydrogens (tertiary/aromatic N) is 1. The molecule has 1 saturated heterocycles. The fraction of sp³-hybridized carbons (Fsp3) is 0.444. The van der Waals surface area contributed by atoms with Gasteiger partial charge in [-0.2, -0.15) is 0 Å². The van der Waals surface area contributed by atoms with Gasteiger partial charge in [-0.05, 0) is 73.9 Å². The lowest BCUT2D eigenvalue weighted by atomic mass is 9.93. The standard InChI is InChI=1S/C27H32N2O5S/c1-17-13-25(34-2)23(22-9-11-28-26(17)22)15-29-12-10-21(35(32,33)16-18-3-4-18)14-24(29)19-5-7-20(8-6-19)27(30)31/h5-9,11,13,18,21,24,28H,3-4,10,12,14-16H2,1-2H3,(H,30,31)/t21-,24-/m0/s1. The number of aryl methyl sites for hydroxylation is 1. The van der Waals surface area contributed by atoms with E-state index in [0.717, 1.165) is 46.2 Å². The maximum atomic E-state index is 13.2. The van der Waals surface area contributed by atoms with Crippen LogP contribution in [0.3, 0.4) is 0 Å². The molecule has 35 heavy (non-hydrogen) atoms. The first kappa shape index (κ1) is 23.9. The van der Waals surface area contributed by atoms with E-state index in [-0.39, 0.29) is 22.6 Å². The molecule has 7 nitrogen and oxygen atoms in total. The Morgan fingerprint density at radius 1 is 1.17 bits per heavy atom. The first-order chi connectivity index (χ1) is 16.8. The predicted molar refractivity (Wildman–Crippen MR) is 136 cm³/mol.